The fourth-order valence-electron chi connectivity index (χ4n) is 3.99. The molecule has 0 radical (unpaired) electrons. The fourth-order valence-corrected chi connectivity index (χ4v) is 4.24. The van der Waals surface area contributed by atoms with Crippen LogP contribution in [-0.2, 0) is 6.54 Å². The molecule has 2 atom stereocenters. The smallest absolute Gasteiger partial charge is 0.318 e. The summed E-state index contributed by atoms with van der Waals surface area (Å²) in [6, 6.07) is 15.0. The van der Waals surface area contributed by atoms with Crippen LogP contribution in [0, 0.1) is 6.92 Å². The lowest BCUT2D eigenvalue weighted by Crippen LogP contribution is -2.41. The molecule has 1 aliphatic rings. The van der Waals surface area contributed by atoms with Crippen LogP contribution in [0.4, 0.5) is 4.79 Å². The molecule has 0 bridgehead atoms. The van der Waals surface area contributed by atoms with Crippen LogP contribution in [0.1, 0.15) is 54.6 Å². The number of carbonyl (C=O) groups excluding carboxylic acids is 1. The Morgan fingerprint density at radius 2 is 1.74 bits per heavy atom. The number of urea groups is 1. The second-order valence-corrected chi connectivity index (χ2v) is 8.77. The highest BCUT2D eigenvalue weighted by Gasteiger charge is 2.34. The van der Waals surface area contributed by atoms with Gasteiger partial charge < -0.3 is 14.8 Å². The summed E-state index contributed by atoms with van der Waals surface area (Å²) in [6.45, 7) is 5.24. The van der Waals surface area contributed by atoms with E-state index in [9.17, 15) is 4.79 Å². The number of likely N-dealkylation sites (tertiary alicyclic amines) is 1. The number of aryl methyl sites for hydroxylation is 1. The maximum Gasteiger partial charge on any atom is 0.318 e. The van der Waals surface area contributed by atoms with E-state index in [2.05, 4.69) is 20.1 Å². The van der Waals surface area contributed by atoms with E-state index in [0.29, 0.717) is 23.1 Å². The predicted octanol–water partition coefficient (Wildman–Crippen LogP) is 5.55. The highest BCUT2D eigenvalue weighted by Crippen LogP contribution is 2.32. The summed E-state index contributed by atoms with van der Waals surface area (Å²) >= 11 is 12.0. The van der Waals surface area contributed by atoms with Gasteiger partial charge in [0.25, 0.3) is 0 Å². The number of hydrogen-bond acceptors (Lipinski definition) is 3. The summed E-state index contributed by atoms with van der Waals surface area (Å²) in [4.78, 5) is 15.0. The van der Waals surface area contributed by atoms with Crippen LogP contribution >= 0.6 is 23.2 Å². The highest BCUT2D eigenvalue weighted by atomic mass is 35.5. The first-order valence-corrected chi connectivity index (χ1v) is 11.1. The molecule has 1 aromatic heterocycles. The third kappa shape index (κ3) is 4.86. The number of aromatic nitrogens is 3. The summed E-state index contributed by atoms with van der Waals surface area (Å²) in [5.41, 5.74) is 2.12. The maximum atomic E-state index is 13.1. The summed E-state index contributed by atoms with van der Waals surface area (Å²) in [6.07, 6.45) is 1.79. The monoisotopic (exact) mass is 457 g/mol. The molecule has 8 heteroatoms. The minimum Gasteiger partial charge on any atom is -0.331 e. The van der Waals surface area contributed by atoms with Crippen molar-refractivity contribution < 1.29 is 4.79 Å². The molecule has 1 N–H and O–H groups in total. The molecule has 3 aromatic rings. The third-order valence-electron chi connectivity index (χ3n) is 5.74. The Morgan fingerprint density at radius 3 is 2.42 bits per heavy atom. The Labute approximate surface area is 192 Å². The molecule has 0 unspecified atom stereocenters. The van der Waals surface area contributed by atoms with Crippen LogP contribution in [0.5, 0.6) is 0 Å². The Bertz CT molecular complexity index is 1050. The number of carbonyl (C=O) groups is 1. The van der Waals surface area contributed by atoms with Gasteiger partial charge in [0, 0.05) is 16.6 Å². The molecular formula is C23H25Cl2N5O. The number of halogens is 2. The molecule has 0 aliphatic carbocycles. The lowest BCUT2D eigenvalue weighted by atomic mass is 10.1. The normalized spacial score (nSPS) is 17.0. The van der Waals surface area contributed by atoms with Gasteiger partial charge in [0.2, 0.25) is 0 Å². The van der Waals surface area contributed by atoms with Crippen molar-refractivity contribution in [2.24, 2.45) is 0 Å². The molecule has 2 amide bonds. The van der Waals surface area contributed by atoms with Crippen LogP contribution in [0.25, 0.3) is 0 Å². The zero-order chi connectivity index (χ0) is 22.0. The zero-order valence-corrected chi connectivity index (χ0v) is 19.1. The second kappa shape index (κ2) is 9.28. The van der Waals surface area contributed by atoms with Crippen LogP contribution in [-0.4, -0.2) is 32.2 Å². The Kier molecular flexibility index (Phi) is 6.49. The highest BCUT2D eigenvalue weighted by molar-refractivity contribution is 6.30. The molecular weight excluding hydrogens is 433 g/mol. The van der Waals surface area contributed by atoms with E-state index < -0.39 is 0 Å². The molecule has 162 valence electrons. The summed E-state index contributed by atoms with van der Waals surface area (Å²) in [7, 11) is 0. The van der Waals surface area contributed by atoms with Gasteiger partial charge in [-0.2, -0.15) is 0 Å². The van der Waals surface area contributed by atoms with Crippen LogP contribution in [0.2, 0.25) is 10.0 Å². The number of nitrogens with zero attached hydrogens (tertiary/aromatic N) is 4. The number of benzene rings is 2. The van der Waals surface area contributed by atoms with Gasteiger partial charge in [-0.3, -0.25) is 0 Å². The van der Waals surface area contributed by atoms with Crippen molar-refractivity contribution in [2.45, 2.75) is 45.3 Å². The van der Waals surface area contributed by atoms with Crippen LogP contribution in [0.15, 0.2) is 48.5 Å². The van der Waals surface area contributed by atoms with Crippen molar-refractivity contribution in [3.63, 3.8) is 0 Å². The van der Waals surface area contributed by atoms with Crippen molar-refractivity contribution in [1.29, 1.82) is 0 Å². The molecule has 1 aliphatic heterocycles. The van der Waals surface area contributed by atoms with Gasteiger partial charge in [0.15, 0.2) is 5.82 Å². The van der Waals surface area contributed by atoms with Crippen molar-refractivity contribution in [3.05, 3.63) is 81.4 Å². The molecule has 6 nitrogen and oxygen atoms in total. The molecule has 4 rings (SSSR count). The molecule has 0 saturated carbocycles. The standard InChI is InChI=1S/C23H25Cl2N5O/c1-15(18-7-11-20(25)12-8-18)26-23(31)29-13-3-4-21(29)22-28-27-16(2)30(22)14-17-5-9-19(24)10-6-17/h5-12,15,21H,3-4,13-14H2,1-2H3,(H,26,31)/t15-,21-/m1/s1. The maximum absolute atomic E-state index is 13.1. The molecule has 0 spiro atoms. The molecule has 1 saturated heterocycles. The van der Waals surface area contributed by atoms with Crippen molar-refractivity contribution >= 4 is 29.2 Å². The summed E-state index contributed by atoms with van der Waals surface area (Å²) < 4.78 is 2.09. The largest absolute Gasteiger partial charge is 0.331 e. The van der Waals surface area contributed by atoms with E-state index in [1.165, 1.54) is 0 Å². The number of amides is 2. The van der Waals surface area contributed by atoms with Gasteiger partial charge in [0.05, 0.1) is 18.6 Å². The first-order chi connectivity index (χ1) is 14.9. The topological polar surface area (TPSA) is 63.1 Å². The molecule has 2 aromatic carbocycles. The van der Waals surface area contributed by atoms with E-state index in [-0.39, 0.29) is 18.1 Å². The van der Waals surface area contributed by atoms with E-state index in [1.807, 2.05) is 67.3 Å². The number of hydrogen-bond donors (Lipinski definition) is 1. The van der Waals surface area contributed by atoms with Crippen LogP contribution in [0.3, 0.4) is 0 Å². The Balaban J connectivity index is 1.51. The SMILES string of the molecule is Cc1nnc([C@H]2CCCN2C(=O)N[C@H](C)c2ccc(Cl)cc2)n1Cc1ccc(Cl)cc1. The van der Waals surface area contributed by atoms with Crippen LogP contribution < -0.4 is 5.32 Å². The lowest BCUT2D eigenvalue weighted by Gasteiger charge is -2.27. The fraction of sp³-hybridized carbons (Fsp3) is 0.348. The molecule has 2 heterocycles. The van der Waals surface area contributed by atoms with Gasteiger partial charge in [-0.05, 0) is 62.1 Å². The molecule has 31 heavy (non-hydrogen) atoms. The van der Waals surface area contributed by atoms with E-state index in [0.717, 1.165) is 35.6 Å². The first-order valence-electron chi connectivity index (χ1n) is 10.4. The van der Waals surface area contributed by atoms with E-state index >= 15 is 0 Å². The number of rotatable bonds is 5. The second-order valence-electron chi connectivity index (χ2n) is 7.89. The first kappa shape index (κ1) is 21.7. The van der Waals surface area contributed by atoms with Gasteiger partial charge in [-0.15, -0.1) is 10.2 Å². The third-order valence-corrected chi connectivity index (χ3v) is 6.24. The average Bonchev–Trinajstić information content (AvgIpc) is 3.37. The average molecular weight is 458 g/mol. The number of nitrogens with one attached hydrogen (secondary N) is 1. The lowest BCUT2D eigenvalue weighted by molar-refractivity contribution is 0.186. The van der Waals surface area contributed by atoms with Crippen molar-refractivity contribution in [2.75, 3.05) is 6.54 Å². The summed E-state index contributed by atoms with van der Waals surface area (Å²) in [5, 5.41) is 13.2. The Hall–Kier alpha value is -2.57. The van der Waals surface area contributed by atoms with Gasteiger partial charge >= 0.3 is 6.03 Å². The zero-order valence-electron chi connectivity index (χ0n) is 17.6. The quantitative estimate of drug-likeness (QED) is 0.545. The van der Waals surface area contributed by atoms with Gasteiger partial charge in [-0.25, -0.2) is 4.79 Å². The van der Waals surface area contributed by atoms with Gasteiger partial charge in [0.1, 0.15) is 5.82 Å². The van der Waals surface area contributed by atoms with Gasteiger partial charge in [-0.1, -0.05) is 47.5 Å². The minimum atomic E-state index is -0.125. The van der Waals surface area contributed by atoms with Crippen molar-refractivity contribution in [1.82, 2.24) is 25.0 Å². The molecule has 1 fully saturated rings. The minimum absolute atomic E-state index is 0.0938. The van der Waals surface area contributed by atoms with E-state index in [1.54, 1.807) is 0 Å². The van der Waals surface area contributed by atoms with E-state index in [4.69, 9.17) is 23.2 Å². The predicted molar refractivity (Wildman–Crippen MR) is 122 cm³/mol. The Morgan fingerprint density at radius 1 is 1.10 bits per heavy atom. The summed E-state index contributed by atoms with van der Waals surface area (Å²) in [5.74, 6) is 1.64. The van der Waals surface area contributed by atoms with Crippen molar-refractivity contribution in [3.8, 4) is 0 Å².